The van der Waals surface area contributed by atoms with Crippen LogP contribution >= 0.6 is 0 Å². The van der Waals surface area contributed by atoms with Crippen LogP contribution in [0.25, 0.3) is 0 Å². The van der Waals surface area contributed by atoms with Crippen LogP contribution < -0.4 is 10.1 Å². The van der Waals surface area contributed by atoms with Crippen LogP contribution in [0.2, 0.25) is 0 Å². The van der Waals surface area contributed by atoms with Gasteiger partial charge in [0.05, 0.1) is 18.2 Å². The zero-order chi connectivity index (χ0) is 24.2. The fraction of sp³-hybridized carbons (Fsp3) is 0.481. The van der Waals surface area contributed by atoms with Crippen molar-refractivity contribution in [3.05, 3.63) is 65.2 Å². The molecule has 1 amide bonds. The molecule has 34 heavy (non-hydrogen) atoms. The molecule has 4 rings (SSSR count). The van der Waals surface area contributed by atoms with Crippen LogP contribution in [0.4, 0.5) is 0 Å². The van der Waals surface area contributed by atoms with Gasteiger partial charge < -0.3 is 19.5 Å². The number of likely N-dealkylation sites (N-methyl/N-ethyl adjacent to an activating group) is 1. The highest BCUT2D eigenvalue weighted by atomic mass is 16.5. The van der Waals surface area contributed by atoms with Gasteiger partial charge in [0.1, 0.15) is 17.9 Å². The van der Waals surface area contributed by atoms with Crippen molar-refractivity contribution >= 4 is 11.9 Å². The molecule has 0 spiro atoms. The molecule has 2 aliphatic rings. The van der Waals surface area contributed by atoms with Crippen molar-refractivity contribution in [3.8, 4) is 5.75 Å². The van der Waals surface area contributed by atoms with E-state index in [0.717, 1.165) is 29.7 Å². The second-order valence-corrected chi connectivity index (χ2v) is 9.28. The molecule has 1 saturated carbocycles. The van der Waals surface area contributed by atoms with Gasteiger partial charge in [0.15, 0.2) is 0 Å². The van der Waals surface area contributed by atoms with E-state index < -0.39 is 5.54 Å². The molecular weight excluding hydrogens is 432 g/mol. The molecule has 2 fully saturated rings. The number of carbonyl (C=O) groups excluding carboxylic acids is 2. The predicted molar refractivity (Wildman–Crippen MR) is 129 cm³/mol. The van der Waals surface area contributed by atoms with Crippen LogP contribution in [0.3, 0.4) is 0 Å². The number of nitrogens with one attached hydrogen (secondary N) is 1. The third-order valence-corrected chi connectivity index (χ3v) is 7.21. The number of esters is 1. The van der Waals surface area contributed by atoms with Crippen molar-refractivity contribution in [3.63, 3.8) is 0 Å². The summed E-state index contributed by atoms with van der Waals surface area (Å²) in [5.41, 5.74) is 1.59. The van der Waals surface area contributed by atoms with Gasteiger partial charge in [-0.3, -0.25) is 9.69 Å². The Morgan fingerprint density at radius 3 is 2.32 bits per heavy atom. The van der Waals surface area contributed by atoms with Crippen LogP contribution in [0.1, 0.15) is 47.2 Å². The van der Waals surface area contributed by atoms with E-state index in [-0.39, 0.29) is 17.4 Å². The van der Waals surface area contributed by atoms with E-state index in [4.69, 9.17) is 14.2 Å². The Labute approximate surface area is 201 Å². The van der Waals surface area contributed by atoms with Crippen molar-refractivity contribution in [2.45, 2.75) is 43.7 Å². The molecule has 0 bridgehead atoms. The number of ether oxygens (including phenoxy) is 3. The van der Waals surface area contributed by atoms with E-state index in [2.05, 4.69) is 10.2 Å². The van der Waals surface area contributed by atoms with Gasteiger partial charge in [-0.05, 0) is 69.0 Å². The SMILES string of the molecule is COC(=O)c1ccc(C2(NC(=O)C3(N(C)CCOc4ccccc4C)CCOCC3)CC2)cc1. The Morgan fingerprint density at radius 2 is 1.71 bits per heavy atom. The lowest BCUT2D eigenvalue weighted by molar-refractivity contribution is -0.140. The quantitative estimate of drug-likeness (QED) is 0.571. The van der Waals surface area contributed by atoms with Gasteiger partial charge in [-0.25, -0.2) is 4.79 Å². The fourth-order valence-corrected chi connectivity index (χ4v) is 4.70. The number of hydrogen-bond donors (Lipinski definition) is 1. The Morgan fingerprint density at radius 1 is 1.03 bits per heavy atom. The van der Waals surface area contributed by atoms with Crippen LogP contribution in [0.5, 0.6) is 5.75 Å². The molecule has 1 aliphatic carbocycles. The van der Waals surface area contributed by atoms with Crippen LogP contribution in [-0.2, 0) is 19.8 Å². The maximum atomic E-state index is 13.8. The lowest BCUT2D eigenvalue weighted by Gasteiger charge is -2.43. The van der Waals surface area contributed by atoms with Crippen LogP contribution in [0.15, 0.2) is 48.5 Å². The minimum Gasteiger partial charge on any atom is -0.492 e. The predicted octanol–water partition coefficient (Wildman–Crippen LogP) is 3.45. The Kier molecular flexibility index (Phi) is 7.24. The number of methoxy groups -OCH3 is 1. The number of nitrogens with zero attached hydrogens (tertiary/aromatic N) is 1. The minimum absolute atomic E-state index is 0.0312. The second kappa shape index (κ2) is 10.2. The van der Waals surface area contributed by atoms with Gasteiger partial charge in [-0.1, -0.05) is 30.3 Å². The highest BCUT2D eigenvalue weighted by Gasteiger charge is 2.51. The number of para-hydroxylation sites is 1. The molecule has 2 aromatic rings. The average Bonchev–Trinajstić information content (AvgIpc) is 3.65. The van der Waals surface area contributed by atoms with Crippen molar-refractivity contribution in [1.29, 1.82) is 0 Å². The van der Waals surface area contributed by atoms with Crippen molar-refractivity contribution in [2.75, 3.05) is 40.5 Å². The van der Waals surface area contributed by atoms with Gasteiger partial charge >= 0.3 is 5.97 Å². The number of amides is 1. The summed E-state index contributed by atoms with van der Waals surface area (Å²) in [5, 5.41) is 3.36. The molecule has 7 nitrogen and oxygen atoms in total. The lowest BCUT2D eigenvalue weighted by Crippen LogP contribution is -2.62. The maximum absolute atomic E-state index is 13.8. The summed E-state index contributed by atoms with van der Waals surface area (Å²) in [5.74, 6) is 0.536. The number of aryl methyl sites for hydroxylation is 1. The first kappa shape index (κ1) is 24.2. The molecule has 1 saturated heterocycles. The largest absolute Gasteiger partial charge is 0.492 e. The van der Waals surface area contributed by atoms with E-state index in [9.17, 15) is 9.59 Å². The maximum Gasteiger partial charge on any atom is 0.337 e. The third-order valence-electron chi connectivity index (χ3n) is 7.21. The molecule has 2 aromatic carbocycles. The topological polar surface area (TPSA) is 77.1 Å². The number of hydrogen-bond acceptors (Lipinski definition) is 6. The van der Waals surface area contributed by atoms with Gasteiger partial charge in [0, 0.05) is 19.8 Å². The Hall–Kier alpha value is -2.90. The van der Waals surface area contributed by atoms with Crippen molar-refractivity contribution in [2.24, 2.45) is 0 Å². The zero-order valence-corrected chi connectivity index (χ0v) is 20.3. The van der Waals surface area contributed by atoms with Crippen LogP contribution in [0, 0.1) is 6.92 Å². The summed E-state index contributed by atoms with van der Waals surface area (Å²) in [7, 11) is 3.37. The zero-order valence-electron chi connectivity index (χ0n) is 20.3. The summed E-state index contributed by atoms with van der Waals surface area (Å²) in [4.78, 5) is 27.7. The molecule has 0 aromatic heterocycles. The first-order valence-corrected chi connectivity index (χ1v) is 11.9. The van der Waals surface area contributed by atoms with Gasteiger partial charge in [-0.15, -0.1) is 0 Å². The highest BCUT2D eigenvalue weighted by molar-refractivity contribution is 5.89. The van der Waals surface area contributed by atoms with E-state index in [1.165, 1.54) is 7.11 Å². The molecule has 182 valence electrons. The summed E-state index contributed by atoms with van der Waals surface area (Å²) >= 11 is 0. The monoisotopic (exact) mass is 466 g/mol. The summed E-state index contributed by atoms with van der Waals surface area (Å²) in [6.07, 6.45) is 3.03. The number of carbonyl (C=O) groups is 2. The normalized spacial score (nSPS) is 18.2. The number of rotatable bonds is 9. The molecular formula is C27H34N2O5. The third kappa shape index (κ3) is 4.95. The van der Waals surface area contributed by atoms with Crippen LogP contribution in [-0.4, -0.2) is 62.8 Å². The van der Waals surface area contributed by atoms with E-state index in [1.54, 1.807) is 12.1 Å². The summed E-state index contributed by atoms with van der Waals surface area (Å²) in [6, 6.07) is 15.3. The first-order valence-electron chi connectivity index (χ1n) is 11.9. The minimum atomic E-state index is -0.644. The smallest absolute Gasteiger partial charge is 0.337 e. The van der Waals surface area contributed by atoms with E-state index >= 15 is 0 Å². The molecule has 1 N–H and O–H groups in total. The van der Waals surface area contributed by atoms with Gasteiger partial charge in [0.2, 0.25) is 5.91 Å². The molecule has 1 aliphatic heterocycles. The molecule has 0 atom stereocenters. The summed E-state index contributed by atoms with van der Waals surface area (Å²) in [6.45, 7) is 4.26. The number of benzene rings is 2. The fourth-order valence-electron chi connectivity index (χ4n) is 4.70. The Bertz CT molecular complexity index is 1010. The van der Waals surface area contributed by atoms with E-state index in [0.29, 0.717) is 44.8 Å². The first-order chi connectivity index (χ1) is 16.4. The van der Waals surface area contributed by atoms with Gasteiger partial charge in [-0.2, -0.15) is 0 Å². The average molecular weight is 467 g/mol. The Balaban J connectivity index is 1.44. The molecule has 0 unspecified atom stereocenters. The van der Waals surface area contributed by atoms with Gasteiger partial charge in [0.25, 0.3) is 0 Å². The second-order valence-electron chi connectivity index (χ2n) is 9.28. The lowest BCUT2D eigenvalue weighted by atomic mass is 9.86. The highest BCUT2D eigenvalue weighted by Crippen LogP contribution is 2.46. The van der Waals surface area contributed by atoms with Crippen molar-refractivity contribution < 1.29 is 23.8 Å². The molecule has 1 heterocycles. The van der Waals surface area contributed by atoms with Crippen molar-refractivity contribution in [1.82, 2.24) is 10.2 Å². The summed E-state index contributed by atoms with van der Waals surface area (Å²) < 4.78 is 16.4. The molecule has 7 heteroatoms. The molecule has 0 radical (unpaired) electrons. The van der Waals surface area contributed by atoms with E-state index in [1.807, 2.05) is 50.4 Å². The standard InChI is InChI=1S/C27H34N2O5/c1-20-6-4-5-7-23(20)34-19-16-29(2)27(14-17-33-18-15-27)25(31)28-26(12-13-26)22-10-8-21(9-11-22)24(30)32-3/h4-11H,12-19H2,1-3H3,(H,28,31).